The van der Waals surface area contributed by atoms with Gasteiger partial charge in [0.05, 0.1) is 23.4 Å². The van der Waals surface area contributed by atoms with Gasteiger partial charge in [-0.05, 0) is 75.3 Å². The lowest BCUT2D eigenvalue weighted by Crippen LogP contribution is -2.46. The molecule has 1 saturated carbocycles. The van der Waals surface area contributed by atoms with E-state index in [1.165, 1.54) is 6.07 Å². The lowest BCUT2D eigenvalue weighted by Gasteiger charge is -2.37. The number of nitrogens with zero attached hydrogens (tertiary/aromatic N) is 3. The minimum Gasteiger partial charge on any atom is -0.384 e. The third-order valence-electron chi connectivity index (χ3n) is 8.56. The largest absolute Gasteiger partial charge is 0.416 e. The summed E-state index contributed by atoms with van der Waals surface area (Å²) in [6.07, 6.45) is 2.28. The predicted octanol–water partition coefficient (Wildman–Crippen LogP) is 3.09. The summed E-state index contributed by atoms with van der Waals surface area (Å²) in [4.78, 5) is 45.5. The van der Waals surface area contributed by atoms with Gasteiger partial charge in [-0.2, -0.15) is 13.2 Å². The van der Waals surface area contributed by atoms with Crippen molar-refractivity contribution in [2.24, 2.45) is 0 Å². The van der Waals surface area contributed by atoms with Gasteiger partial charge in [-0.1, -0.05) is 6.07 Å². The number of carbonyl (C=O) groups excluding carboxylic acids is 3. The Morgan fingerprint density at radius 2 is 1.69 bits per heavy atom. The predicted molar refractivity (Wildman–Crippen MR) is 147 cm³/mol. The number of alkyl halides is 3. The van der Waals surface area contributed by atoms with Crippen LogP contribution < -0.4 is 10.6 Å². The number of aliphatic hydroxyl groups is 1. The Balaban J connectivity index is 1.05. The second kappa shape index (κ2) is 12.4. The van der Waals surface area contributed by atoms with Crippen molar-refractivity contribution < 1.29 is 32.7 Å². The maximum absolute atomic E-state index is 12.9. The van der Waals surface area contributed by atoms with Crippen LogP contribution >= 0.6 is 0 Å². The molecule has 0 radical (unpaired) electrons. The van der Waals surface area contributed by atoms with Crippen LogP contribution in [0.25, 0.3) is 0 Å². The molecule has 0 bridgehead atoms. The van der Waals surface area contributed by atoms with Crippen LogP contribution in [-0.4, -0.2) is 82.4 Å². The molecule has 226 valence electrons. The summed E-state index contributed by atoms with van der Waals surface area (Å²) in [6, 6.07) is 7.83. The third-order valence-corrected chi connectivity index (χ3v) is 8.56. The Morgan fingerprint density at radius 3 is 2.36 bits per heavy atom. The van der Waals surface area contributed by atoms with Crippen LogP contribution in [0.2, 0.25) is 0 Å². The van der Waals surface area contributed by atoms with Crippen molar-refractivity contribution in [1.29, 1.82) is 0 Å². The minimum atomic E-state index is -4.56. The van der Waals surface area contributed by atoms with Crippen molar-refractivity contribution in [2.75, 3.05) is 32.7 Å². The molecular formula is C30H36F3N5O4. The highest BCUT2D eigenvalue weighted by molar-refractivity contribution is 5.96. The van der Waals surface area contributed by atoms with E-state index in [0.29, 0.717) is 37.2 Å². The topological polar surface area (TPSA) is 115 Å². The van der Waals surface area contributed by atoms with E-state index in [-0.39, 0.29) is 36.0 Å². The van der Waals surface area contributed by atoms with Crippen LogP contribution in [0.3, 0.4) is 0 Å². The number of hydrogen-bond donors (Lipinski definition) is 3. The Kier molecular flexibility index (Phi) is 8.84. The highest BCUT2D eigenvalue weighted by Crippen LogP contribution is 2.36. The maximum Gasteiger partial charge on any atom is 0.416 e. The van der Waals surface area contributed by atoms with Crippen LogP contribution in [-0.2, 0) is 16.6 Å². The first-order valence-electron chi connectivity index (χ1n) is 14.5. The number of aromatic nitrogens is 1. The van der Waals surface area contributed by atoms with Gasteiger partial charge in [0.2, 0.25) is 5.91 Å². The summed E-state index contributed by atoms with van der Waals surface area (Å²) in [7, 11) is 0. The summed E-state index contributed by atoms with van der Waals surface area (Å²) in [5.74, 6) is -1.05. The SMILES string of the molecule is O=C(NCC(=O)N1CC[C@H](NC2CCC(O)(c3ccc(C(=O)N4CCCC4)cn3)CC2)C1)c1cccc(C(F)(F)F)c1. The molecule has 1 aromatic carbocycles. The normalized spacial score (nSPS) is 24.6. The summed E-state index contributed by atoms with van der Waals surface area (Å²) in [6.45, 7) is 2.22. The number of hydrogen-bond acceptors (Lipinski definition) is 6. The molecule has 12 heteroatoms. The first-order chi connectivity index (χ1) is 20.0. The van der Waals surface area contributed by atoms with Gasteiger partial charge in [0.15, 0.2) is 0 Å². The molecule has 5 rings (SSSR count). The molecule has 3 amide bonds. The van der Waals surface area contributed by atoms with E-state index in [2.05, 4.69) is 15.6 Å². The minimum absolute atomic E-state index is 0.0198. The highest BCUT2D eigenvalue weighted by atomic mass is 19.4. The van der Waals surface area contributed by atoms with Gasteiger partial charge in [0.25, 0.3) is 11.8 Å². The number of benzene rings is 1. The van der Waals surface area contributed by atoms with Gasteiger partial charge in [-0.25, -0.2) is 0 Å². The average molecular weight is 588 g/mol. The fourth-order valence-corrected chi connectivity index (χ4v) is 6.08. The Morgan fingerprint density at radius 1 is 0.952 bits per heavy atom. The number of halogens is 3. The third kappa shape index (κ3) is 6.92. The summed E-state index contributed by atoms with van der Waals surface area (Å²) in [5, 5.41) is 17.3. The monoisotopic (exact) mass is 587 g/mol. The van der Waals surface area contributed by atoms with Gasteiger partial charge in [-0.3, -0.25) is 19.4 Å². The molecule has 2 saturated heterocycles. The molecule has 3 fully saturated rings. The molecule has 1 aromatic heterocycles. The van der Waals surface area contributed by atoms with Gasteiger partial charge in [-0.15, -0.1) is 0 Å². The fourth-order valence-electron chi connectivity index (χ4n) is 6.08. The first kappa shape index (κ1) is 30.0. The molecule has 3 heterocycles. The molecule has 2 aliphatic heterocycles. The molecular weight excluding hydrogens is 551 g/mol. The van der Waals surface area contributed by atoms with Crippen molar-refractivity contribution in [3.05, 3.63) is 65.0 Å². The maximum atomic E-state index is 12.9. The highest BCUT2D eigenvalue weighted by Gasteiger charge is 2.38. The van der Waals surface area contributed by atoms with Crippen molar-refractivity contribution in [3.63, 3.8) is 0 Å². The van der Waals surface area contributed by atoms with Crippen LogP contribution in [0, 0.1) is 0 Å². The van der Waals surface area contributed by atoms with Crippen LogP contribution in [0.5, 0.6) is 0 Å². The van der Waals surface area contributed by atoms with E-state index in [4.69, 9.17) is 0 Å². The van der Waals surface area contributed by atoms with Gasteiger partial charge < -0.3 is 25.5 Å². The van der Waals surface area contributed by atoms with Crippen molar-refractivity contribution in [2.45, 2.75) is 68.8 Å². The molecule has 1 atom stereocenters. The van der Waals surface area contributed by atoms with E-state index in [9.17, 15) is 32.7 Å². The van der Waals surface area contributed by atoms with Crippen molar-refractivity contribution in [3.8, 4) is 0 Å². The van der Waals surface area contributed by atoms with Gasteiger partial charge in [0.1, 0.15) is 5.60 Å². The van der Waals surface area contributed by atoms with Crippen molar-refractivity contribution in [1.82, 2.24) is 25.4 Å². The Hall–Kier alpha value is -3.51. The summed E-state index contributed by atoms with van der Waals surface area (Å²) >= 11 is 0. The quantitative estimate of drug-likeness (QED) is 0.459. The molecule has 2 aromatic rings. The van der Waals surface area contributed by atoms with Gasteiger partial charge in [0, 0.05) is 50.0 Å². The standard InChI is InChI=1S/C30H36F3N5O4/c31-30(32,33)22-5-3-4-20(16-22)27(40)35-18-26(39)38-15-10-24(19-38)36-23-8-11-29(42,12-9-23)25-7-6-21(17-34-25)28(41)37-13-1-2-14-37/h3-7,16-17,23-24,36,42H,1-2,8-15,18-19H2,(H,35,40)/t23?,24-,29?/m0/s1. The molecule has 9 nitrogen and oxygen atoms in total. The van der Waals surface area contributed by atoms with E-state index in [0.717, 1.165) is 63.4 Å². The summed E-state index contributed by atoms with van der Waals surface area (Å²) < 4.78 is 38.8. The number of nitrogens with one attached hydrogen (secondary N) is 2. The Bertz CT molecular complexity index is 1290. The molecule has 0 unspecified atom stereocenters. The molecule has 0 spiro atoms. The molecule has 1 aliphatic carbocycles. The van der Waals surface area contributed by atoms with E-state index >= 15 is 0 Å². The van der Waals surface area contributed by atoms with E-state index in [1.807, 2.05) is 4.90 Å². The number of rotatable bonds is 7. The smallest absolute Gasteiger partial charge is 0.384 e. The van der Waals surface area contributed by atoms with Gasteiger partial charge >= 0.3 is 6.18 Å². The van der Waals surface area contributed by atoms with Crippen LogP contribution in [0.1, 0.15) is 76.9 Å². The zero-order chi connectivity index (χ0) is 29.9. The lowest BCUT2D eigenvalue weighted by molar-refractivity contribution is -0.137. The number of likely N-dealkylation sites (tertiary alicyclic amines) is 2. The van der Waals surface area contributed by atoms with Crippen molar-refractivity contribution >= 4 is 17.7 Å². The molecule has 3 aliphatic rings. The Labute approximate surface area is 242 Å². The number of carbonyl (C=O) groups is 3. The van der Waals surface area contributed by atoms with E-state index < -0.39 is 23.2 Å². The number of pyridine rings is 1. The zero-order valence-corrected chi connectivity index (χ0v) is 23.3. The van der Waals surface area contributed by atoms with E-state index in [1.54, 1.807) is 23.2 Å². The first-order valence-corrected chi connectivity index (χ1v) is 14.5. The molecule has 42 heavy (non-hydrogen) atoms. The number of amides is 3. The lowest BCUT2D eigenvalue weighted by atomic mass is 9.79. The molecule has 3 N–H and O–H groups in total. The average Bonchev–Trinajstić information content (AvgIpc) is 3.69. The van der Waals surface area contributed by atoms with Crippen LogP contribution in [0.15, 0.2) is 42.6 Å². The zero-order valence-electron chi connectivity index (χ0n) is 23.3. The van der Waals surface area contributed by atoms with Crippen LogP contribution in [0.4, 0.5) is 13.2 Å². The second-order valence-electron chi connectivity index (χ2n) is 11.5. The summed E-state index contributed by atoms with van der Waals surface area (Å²) in [5.41, 5.74) is -1.02. The second-order valence-corrected chi connectivity index (χ2v) is 11.5. The fraction of sp³-hybridized carbons (Fsp3) is 0.533.